The summed E-state index contributed by atoms with van der Waals surface area (Å²) in [4.78, 5) is -0.0679. The zero-order valence-electron chi connectivity index (χ0n) is 12.0. The summed E-state index contributed by atoms with van der Waals surface area (Å²) in [6, 6.07) is 3.28. The van der Waals surface area contributed by atoms with E-state index in [4.69, 9.17) is 0 Å². The van der Waals surface area contributed by atoms with Gasteiger partial charge in [-0.1, -0.05) is 6.07 Å². The van der Waals surface area contributed by atoms with Crippen molar-refractivity contribution in [2.45, 2.75) is 31.8 Å². The number of H-pyrrole nitrogens is 1. The zero-order chi connectivity index (χ0) is 16.7. The van der Waals surface area contributed by atoms with Crippen LogP contribution >= 0.6 is 0 Å². The number of anilines is 1. The molecule has 0 unspecified atom stereocenters. The number of hydrogen-bond donors (Lipinski definition) is 2. The average molecular weight is 333 g/mol. The topological polar surface area (TPSA) is 74.8 Å². The number of nitrogens with one attached hydrogen (secondary N) is 2. The molecule has 0 fully saturated rings. The third kappa shape index (κ3) is 3.08. The molecule has 0 radical (unpaired) electrons. The molecule has 120 valence electrons. The summed E-state index contributed by atoms with van der Waals surface area (Å²) >= 11 is 0. The van der Waals surface area contributed by atoms with E-state index in [2.05, 4.69) is 14.9 Å². The minimum atomic E-state index is -4.55. The molecule has 5 nitrogen and oxygen atoms in total. The molecule has 0 spiro atoms. The van der Waals surface area contributed by atoms with Crippen molar-refractivity contribution in [2.24, 2.45) is 0 Å². The van der Waals surface area contributed by atoms with Crippen molar-refractivity contribution >= 4 is 15.7 Å². The number of rotatable bonds is 3. The number of sulfonamides is 1. The van der Waals surface area contributed by atoms with Crippen LogP contribution in [0.1, 0.15) is 22.5 Å². The molecule has 0 aliphatic rings. The zero-order valence-corrected chi connectivity index (χ0v) is 12.9. The van der Waals surface area contributed by atoms with Gasteiger partial charge >= 0.3 is 6.18 Å². The van der Waals surface area contributed by atoms with Crippen LogP contribution in [0, 0.1) is 20.8 Å². The molecular weight excluding hydrogens is 319 g/mol. The van der Waals surface area contributed by atoms with Gasteiger partial charge in [0.05, 0.1) is 17.0 Å². The molecular formula is C13H14F3N3O2S. The summed E-state index contributed by atoms with van der Waals surface area (Å²) in [6.07, 6.45) is -4.55. The predicted molar refractivity (Wildman–Crippen MR) is 75.1 cm³/mol. The molecule has 2 N–H and O–H groups in total. The second-order valence-corrected chi connectivity index (χ2v) is 6.52. The van der Waals surface area contributed by atoms with E-state index in [9.17, 15) is 21.6 Å². The fraction of sp³-hybridized carbons (Fsp3) is 0.308. The minimum Gasteiger partial charge on any atom is -0.281 e. The van der Waals surface area contributed by atoms with Gasteiger partial charge in [-0.25, -0.2) is 8.42 Å². The lowest BCUT2D eigenvalue weighted by atomic mass is 10.1. The van der Waals surface area contributed by atoms with E-state index in [-0.39, 0.29) is 21.8 Å². The first-order chi connectivity index (χ1) is 10.0. The molecule has 0 aliphatic carbocycles. The summed E-state index contributed by atoms with van der Waals surface area (Å²) in [6.45, 7) is 4.32. The Hall–Kier alpha value is -2.03. The largest absolute Gasteiger partial charge is 0.416 e. The monoisotopic (exact) mass is 333 g/mol. The van der Waals surface area contributed by atoms with Crippen LogP contribution in [0.15, 0.2) is 23.1 Å². The molecule has 9 heteroatoms. The molecule has 0 atom stereocenters. The number of hydrogen-bond acceptors (Lipinski definition) is 3. The van der Waals surface area contributed by atoms with E-state index in [1.54, 1.807) is 0 Å². The van der Waals surface area contributed by atoms with Gasteiger partial charge in [0.2, 0.25) is 0 Å². The highest BCUT2D eigenvalue weighted by molar-refractivity contribution is 7.92. The SMILES string of the molecule is Cc1ccc(NS(=O)(=O)c2c(C)n[nH]c2C)cc1C(F)(F)F. The third-order valence-electron chi connectivity index (χ3n) is 3.12. The van der Waals surface area contributed by atoms with Gasteiger partial charge in [0.1, 0.15) is 4.90 Å². The summed E-state index contributed by atoms with van der Waals surface area (Å²) in [7, 11) is -4.02. The van der Waals surface area contributed by atoms with Crippen LogP contribution in [-0.2, 0) is 16.2 Å². The highest BCUT2D eigenvalue weighted by Gasteiger charge is 2.33. The van der Waals surface area contributed by atoms with E-state index in [0.29, 0.717) is 5.69 Å². The van der Waals surface area contributed by atoms with E-state index in [1.807, 2.05) is 0 Å². The number of alkyl halides is 3. The van der Waals surface area contributed by atoms with Crippen molar-refractivity contribution in [1.82, 2.24) is 10.2 Å². The van der Waals surface area contributed by atoms with E-state index >= 15 is 0 Å². The van der Waals surface area contributed by atoms with Gasteiger partial charge in [0, 0.05) is 5.69 Å². The molecule has 2 aromatic rings. The van der Waals surface area contributed by atoms with Gasteiger partial charge in [-0.3, -0.25) is 9.82 Å². The number of aromatic amines is 1. The Labute approximate surface area is 125 Å². The van der Waals surface area contributed by atoms with Crippen LogP contribution in [0.4, 0.5) is 18.9 Å². The molecule has 0 aliphatic heterocycles. The lowest BCUT2D eigenvalue weighted by Crippen LogP contribution is -2.16. The highest BCUT2D eigenvalue weighted by Crippen LogP contribution is 2.34. The lowest BCUT2D eigenvalue weighted by molar-refractivity contribution is -0.138. The van der Waals surface area contributed by atoms with Crippen molar-refractivity contribution in [3.05, 3.63) is 40.7 Å². The summed E-state index contributed by atoms with van der Waals surface area (Å²) < 4.78 is 65.4. The Balaban J connectivity index is 2.43. The van der Waals surface area contributed by atoms with Crippen LogP contribution in [0.25, 0.3) is 0 Å². The Bertz CT molecular complexity index is 791. The van der Waals surface area contributed by atoms with Gasteiger partial charge in [0.25, 0.3) is 10.0 Å². The van der Waals surface area contributed by atoms with Gasteiger partial charge in [0.15, 0.2) is 0 Å². The van der Waals surface area contributed by atoms with E-state index in [0.717, 1.165) is 6.07 Å². The fourth-order valence-electron chi connectivity index (χ4n) is 2.13. The average Bonchev–Trinajstić information content (AvgIpc) is 2.70. The predicted octanol–water partition coefficient (Wildman–Crippen LogP) is 3.15. The third-order valence-corrected chi connectivity index (χ3v) is 4.77. The normalized spacial score (nSPS) is 12.5. The van der Waals surface area contributed by atoms with Gasteiger partial charge in [-0.05, 0) is 38.5 Å². The standard InChI is InChI=1S/C13H14F3N3O2S/c1-7-4-5-10(6-11(7)13(14,15)16)19-22(20,21)12-8(2)17-18-9(12)3/h4-6,19H,1-3H3,(H,17,18). The van der Waals surface area contributed by atoms with Crippen LogP contribution in [0.5, 0.6) is 0 Å². The van der Waals surface area contributed by atoms with Crippen molar-refractivity contribution in [2.75, 3.05) is 4.72 Å². The number of benzene rings is 1. The summed E-state index contributed by atoms with van der Waals surface area (Å²) in [5.41, 5.74) is -0.460. The van der Waals surface area contributed by atoms with Gasteiger partial charge in [-0.2, -0.15) is 18.3 Å². The van der Waals surface area contributed by atoms with E-state index in [1.165, 1.54) is 32.9 Å². The number of halogens is 3. The lowest BCUT2D eigenvalue weighted by Gasteiger charge is -2.13. The molecule has 0 bridgehead atoms. The first kappa shape index (κ1) is 16.3. The Morgan fingerprint density at radius 3 is 2.32 bits per heavy atom. The molecule has 1 aromatic heterocycles. The van der Waals surface area contributed by atoms with Crippen molar-refractivity contribution in [1.29, 1.82) is 0 Å². The minimum absolute atomic E-state index is 0.0196. The summed E-state index contributed by atoms with van der Waals surface area (Å²) in [5.74, 6) is 0. The Morgan fingerprint density at radius 1 is 1.18 bits per heavy atom. The first-order valence-electron chi connectivity index (χ1n) is 6.24. The molecule has 0 saturated carbocycles. The first-order valence-corrected chi connectivity index (χ1v) is 7.73. The molecule has 1 aromatic carbocycles. The maximum atomic E-state index is 12.9. The van der Waals surface area contributed by atoms with Gasteiger partial charge < -0.3 is 0 Å². The molecule has 22 heavy (non-hydrogen) atoms. The van der Waals surface area contributed by atoms with Crippen molar-refractivity contribution in [3.8, 4) is 0 Å². The second-order valence-electron chi connectivity index (χ2n) is 4.90. The molecule has 2 rings (SSSR count). The van der Waals surface area contributed by atoms with E-state index < -0.39 is 21.8 Å². The molecule has 0 amide bonds. The highest BCUT2D eigenvalue weighted by atomic mass is 32.2. The number of aryl methyl sites for hydroxylation is 3. The second kappa shape index (κ2) is 5.31. The van der Waals surface area contributed by atoms with Crippen LogP contribution in [-0.4, -0.2) is 18.6 Å². The van der Waals surface area contributed by atoms with Crippen LogP contribution in [0.3, 0.4) is 0 Å². The maximum absolute atomic E-state index is 12.9. The quantitative estimate of drug-likeness (QED) is 0.906. The molecule has 0 saturated heterocycles. The molecule has 1 heterocycles. The Kier molecular flexibility index (Phi) is 3.94. The van der Waals surface area contributed by atoms with Gasteiger partial charge in [-0.15, -0.1) is 0 Å². The maximum Gasteiger partial charge on any atom is 0.416 e. The summed E-state index contributed by atoms with van der Waals surface area (Å²) in [5, 5.41) is 6.30. The van der Waals surface area contributed by atoms with Crippen molar-refractivity contribution in [3.63, 3.8) is 0 Å². The Morgan fingerprint density at radius 2 is 1.82 bits per heavy atom. The number of nitrogens with zero attached hydrogens (tertiary/aromatic N) is 1. The van der Waals surface area contributed by atoms with Crippen LogP contribution < -0.4 is 4.72 Å². The fourth-order valence-corrected chi connectivity index (χ4v) is 3.56. The van der Waals surface area contributed by atoms with Crippen LogP contribution in [0.2, 0.25) is 0 Å². The van der Waals surface area contributed by atoms with Crippen molar-refractivity contribution < 1.29 is 21.6 Å². The smallest absolute Gasteiger partial charge is 0.281 e. The number of aromatic nitrogens is 2.